The van der Waals surface area contributed by atoms with Crippen LogP contribution in [-0.2, 0) is 0 Å². The molecule has 0 spiro atoms. The SMILES string of the molecule is O=C(NC1(CO)CCCCC1)c1cc(Cl)ccc1Cl. The van der Waals surface area contributed by atoms with E-state index in [1.54, 1.807) is 18.2 Å². The maximum atomic E-state index is 12.3. The molecule has 0 heterocycles. The van der Waals surface area contributed by atoms with Crippen molar-refractivity contribution in [2.75, 3.05) is 6.61 Å². The summed E-state index contributed by atoms with van der Waals surface area (Å²) in [5.41, 5.74) is -0.159. The third-order valence-corrected chi connectivity index (χ3v) is 4.23. The normalized spacial score (nSPS) is 18.1. The highest BCUT2D eigenvalue weighted by atomic mass is 35.5. The number of carbonyl (C=O) groups is 1. The van der Waals surface area contributed by atoms with Gasteiger partial charge in [0.2, 0.25) is 0 Å². The average molecular weight is 302 g/mol. The fourth-order valence-corrected chi connectivity index (χ4v) is 2.91. The summed E-state index contributed by atoms with van der Waals surface area (Å²) < 4.78 is 0. The highest BCUT2D eigenvalue weighted by molar-refractivity contribution is 6.35. The molecule has 0 aromatic heterocycles. The molecule has 0 unspecified atom stereocenters. The minimum atomic E-state index is -0.513. The lowest BCUT2D eigenvalue weighted by atomic mass is 9.82. The highest BCUT2D eigenvalue weighted by Crippen LogP contribution is 2.29. The minimum absolute atomic E-state index is 0.0447. The van der Waals surface area contributed by atoms with Crippen LogP contribution in [0, 0.1) is 0 Å². The van der Waals surface area contributed by atoms with E-state index in [0.29, 0.717) is 15.6 Å². The second kappa shape index (κ2) is 6.12. The molecule has 2 rings (SSSR count). The van der Waals surface area contributed by atoms with Gasteiger partial charge in [0.05, 0.1) is 22.7 Å². The molecule has 19 heavy (non-hydrogen) atoms. The van der Waals surface area contributed by atoms with Crippen LogP contribution in [0.25, 0.3) is 0 Å². The quantitative estimate of drug-likeness (QED) is 0.899. The summed E-state index contributed by atoms with van der Waals surface area (Å²) in [6.45, 7) is -0.0447. The Bertz CT molecular complexity index is 471. The summed E-state index contributed by atoms with van der Waals surface area (Å²) >= 11 is 11.9. The Labute approximate surface area is 122 Å². The number of rotatable bonds is 3. The molecule has 1 aromatic rings. The van der Waals surface area contributed by atoms with Gasteiger partial charge in [0, 0.05) is 5.02 Å². The van der Waals surface area contributed by atoms with Crippen LogP contribution in [-0.4, -0.2) is 23.2 Å². The molecule has 0 radical (unpaired) electrons. The van der Waals surface area contributed by atoms with Crippen LogP contribution < -0.4 is 5.32 Å². The molecule has 1 amide bonds. The van der Waals surface area contributed by atoms with Crippen molar-refractivity contribution in [3.8, 4) is 0 Å². The number of nitrogens with one attached hydrogen (secondary N) is 1. The van der Waals surface area contributed by atoms with Gasteiger partial charge in [0.25, 0.3) is 5.91 Å². The van der Waals surface area contributed by atoms with Gasteiger partial charge in [0.15, 0.2) is 0 Å². The van der Waals surface area contributed by atoms with E-state index in [9.17, 15) is 9.90 Å². The van der Waals surface area contributed by atoms with E-state index < -0.39 is 5.54 Å². The number of benzene rings is 1. The summed E-state index contributed by atoms with van der Waals surface area (Å²) in [4.78, 5) is 12.3. The van der Waals surface area contributed by atoms with Gasteiger partial charge in [-0.15, -0.1) is 0 Å². The van der Waals surface area contributed by atoms with Gasteiger partial charge in [-0.25, -0.2) is 0 Å². The fraction of sp³-hybridized carbons (Fsp3) is 0.500. The van der Waals surface area contributed by atoms with Crippen molar-refractivity contribution < 1.29 is 9.90 Å². The van der Waals surface area contributed by atoms with Crippen LogP contribution >= 0.6 is 23.2 Å². The molecule has 1 aliphatic carbocycles. The zero-order valence-corrected chi connectivity index (χ0v) is 12.1. The van der Waals surface area contributed by atoms with Gasteiger partial charge in [0.1, 0.15) is 0 Å². The Morgan fingerprint density at radius 3 is 2.58 bits per heavy atom. The lowest BCUT2D eigenvalue weighted by Crippen LogP contribution is -2.52. The second-order valence-corrected chi connectivity index (χ2v) is 5.92. The van der Waals surface area contributed by atoms with Crippen LogP contribution in [0.2, 0.25) is 10.0 Å². The van der Waals surface area contributed by atoms with Crippen molar-refractivity contribution >= 4 is 29.1 Å². The first-order valence-electron chi connectivity index (χ1n) is 6.45. The number of amides is 1. The minimum Gasteiger partial charge on any atom is -0.394 e. The topological polar surface area (TPSA) is 49.3 Å². The molecule has 1 fully saturated rings. The Morgan fingerprint density at radius 1 is 1.26 bits per heavy atom. The zero-order valence-electron chi connectivity index (χ0n) is 10.6. The third kappa shape index (κ3) is 3.41. The van der Waals surface area contributed by atoms with E-state index in [0.717, 1.165) is 32.1 Å². The first-order chi connectivity index (χ1) is 9.06. The molecule has 0 bridgehead atoms. The molecular formula is C14H17Cl2NO2. The van der Waals surface area contributed by atoms with Crippen molar-refractivity contribution in [2.45, 2.75) is 37.6 Å². The predicted molar refractivity (Wildman–Crippen MR) is 76.8 cm³/mol. The second-order valence-electron chi connectivity index (χ2n) is 5.08. The summed E-state index contributed by atoms with van der Waals surface area (Å²) in [6, 6.07) is 4.79. The van der Waals surface area contributed by atoms with E-state index in [1.807, 2.05) is 0 Å². The van der Waals surface area contributed by atoms with Crippen molar-refractivity contribution in [1.82, 2.24) is 5.32 Å². The molecular weight excluding hydrogens is 285 g/mol. The lowest BCUT2D eigenvalue weighted by Gasteiger charge is -2.36. The Morgan fingerprint density at radius 2 is 1.95 bits per heavy atom. The van der Waals surface area contributed by atoms with Gasteiger partial charge in [-0.1, -0.05) is 42.5 Å². The fourth-order valence-electron chi connectivity index (χ4n) is 2.53. The number of hydrogen-bond donors (Lipinski definition) is 2. The van der Waals surface area contributed by atoms with Gasteiger partial charge >= 0.3 is 0 Å². The summed E-state index contributed by atoms with van der Waals surface area (Å²) in [5, 5.41) is 13.4. The number of aliphatic hydroxyl groups is 1. The maximum absolute atomic E-state index is 12.3. The summed E-state index contributed by atoms with van der Waals surface area (Å²) in [7, 11) is 0. The van der Waals surface area contributed by atoms with Crippen LogP contribution in [0.4, 0.5) is 0 Å². The highest BCUT2D eigenvalue weighted by Gasteiger charge is 2.33. The van der Waals surface area contributed by atoms with Crippen LogP contribution in [0.5, 0.6) is 0 Å². The molecule has 5 heteroatoms. The molecule has 1 saturated carbocycles. The Balaban J connectivity index is 2.17. The molecule has 0 aliphatic heterocycles. The van der Waals surface area contributed by atoms with Crippen LogP contribution in [0.3, 0.4) is 0 Å². The van der Waals surface area contributed by atoms with Crippen molar-refractivity contribution in [2.24, 2.45) is 0 Å². The summed E-state index contributed by atoms with van der Waals surface area (Å²) in [6.07, 6.45) is 4.78. The smallest absolute Gasteiger partial charge is 0.253 e. The van der Waals surface area contributed by atoms with E-state index in [1.165, 1.54) is 0 Å². The van der Waals surface area contributed by atoms with Crippen LogP contribution in [0.15, 0.2) is 18.2 Å². The van der Waals surface area contributed by atoms with Gasteiger partial charge in [-0.05, 0) is 31.0 Å². The molecule has 1 aromatic carbocycles. The first kappa shape index (κ1) is 14.6. The third-order valence-electron chi connectivity index (χ3n) is 3.67. The number of halogens is 2. The number of carbonyl (C=O) groups excluding carboxylic acids is 1. The van der Waals surface area contributed by atoms with Gasteiger partial charge in [-0.3, -0.25) is 4.79 Å². The van der Waals surface area contributed by atoms with E-state index in [4.69, 9.17) is 23.2 Å². The number of aliphatic hydroxyl groups excluding tert-OH is 1. The number of hydrogen-bond acceptors (Lipinski definition) is 2. The Hall–Kier alpha value is -0.770. The van der Waals surface area contributed by atoms with Gasteiger partial charge < -0.3 is 10.4 Å². The van der Waals surface area contributed by atoms with E-state index in [2.05, 4.69) is 5.32 Å². The molecule has 1 aliphatic rings. The largest absolute Gasteiger partial charge is 0.394 e. The molecule has 0 atom stereocenters. The monoisotopic (exact) mass is 301 g/mol. The maximum Gasteiger partial charge on any atom is 0.253 e. The zero-order chi connectivity index (χ0) is 13.9. The van der Waals surface area contributed by atoms with Crippen molar-refractivity contribution in [3.63, 3.8) is 0 Å². The standard InChI is InChI=1S/C14H17Cl2NO2/c15-10-4-5-12(16)11(8-10)13(19)17-14(9-18)6-2-1-3-7-14/h4-5,8,18H,1-3,6-7,9H2,(H,17,19). The van der Waals surface area contributed by atoms with Gasteiger partial charge in [-0.2, -0.15) is 0 Å². The first-order valence-corrected chi connectivity index (χ1v) is 7.20. The van der Waals surface area contributed by atoms with E-state index >= 15 is 0 Å². The van der Waals surface area contributed by atoms with Crippen molar-refractivity contribution in [1.29, 1.82) is 0 Å². The van der Waals surface area contributed by atoms with E-state index in [-0.39, 0.29) is 12.5 Å². The average Bonchev–Trinajstić information content (AvgIpc) is 2.42. The molecule has 3 nitrogen and oxygen atoms in total. The summed E-state index contributed by atoms with van der Waals surface area (Å²) in [5.74, 6) is -0.275. The lowest BCUT2D eigenvalue weighted by molar-refractivity contribution is 0.0759. The van der Waals surface area contributed by atoms with Crippen molar-refractivity contribution in [3.05, 3.63) is 33.8 Å². The molecule has 104 valence electrons. The van der Waals surface area contributed by atoms with Crippen LogP contribution in [0.1, 0.15) is 42.5 Å². The molecule has 0 saturated heterocycles. The predicted octanol–water partition coefficient (Wildman–Crippen LogP) is 3.42. The Kier molecular flexibility index (Phi) is 4.71. The molecule has 2 N–H and O–H groups in total.